The third kappa shape index (κ3) is 5.64. The van der Waals surface area contributed by atoms with Crippen LogP contribution in [-0.4, -0.2) is 62.6 Å². The Balaban J connectivity index is 1.51. The zero-order valence-corrected chi connectivity index (χ0v) is 18.5. The highest BCUT2D eigenvalue weighted by molar-refractivity contribution is 7.99. The van der Waals surface area contributed by atoms with Crippen molar-refractivity contribution in [3.8, 4) is 0 Å². The molecular formula is C20H32N4O2S2. The zero-order chi connectivity index (χ0) is 20.0. The van der Waals surface area contributed by atoms with Gasteiger partial charge in [-0.2, -0.15) is 11.8 Å². The number of benzene rings is 1. The normalized spacial score (nSPS) is 19.7. The van der Waals surface area contributed by atoms with Crippen LogP contribution in [-0.2, 0) is 22.9 Å². The van der Waals surface area contributed by atoms with Crippen molar-refractivity contribution in [1.29, 1.82) is 0 Å². The van der Waals surface area contributed by atoms with Crippen molar-refractivity contribution in [2.75, 3.05) is 43.9 Å². The van der Waals surface area contributed by atoms with E-state index in [0.29, 0.717) is 25.6 Å². The molecular weight excluding hydrogens is 392 g/mol. The molecule has 1 unspecified atom stereocenters. The topological polar surface area (TPSA) is 73.8 Å². The molecule has 156 valence electrons. The van der Waals surface area contributed by atoms with Crippen LogP contribution in [0.2, 0.25) is 0 Å². The number of sulfonamides is 1. The fourth-order valence-corrected chi connectivity index (χ4v) is 6.25. The van der Waals surface area contributed by atoms with Crippen LogP contribution in [0.4, 0.5) is 0 Å². The van der Waals surface area contributed by atoms with Gasteiger partial charge in [0.05, 0.1) is 11.8 Å². The van der Waals surface area contributed by atoms with Gasteiger partial charge in [-0.15, -0.1) is 0 Å². The molecule has 1 heterocycles. The molecule has 0 spiro atoms. The Kier molecular flexibility index (Phi) is 7.65. The molecule has 0 saturated carbocycles. The van der Waals surface area contributed by atoms with Crippen LogP contribution in [0.25, 0.3) is 0 Å². The first-order valence-electron chi connectivity index (χ1n) is 10.1. The van der Waals surface area contributed by atoms with E-state index in [9.17, 15) is 8.42 Å². The largest absolute Gasteiger partial charge is 0.355 e. The highest BCUT2D eigenvalue weighted by atomic mass is 32.2. The molecule has 1 aliphatic carbocycles. The summed E-state index contributed by atoms with van der Waals surface area (Å²) in [6, 6.07) is 6.85. The van der Waals surface area contributed by atoms with Crippen LogP contribution in [0.15, 0.2) is 23.2 Å². The van der Waals surface area contributed by atoms with Crippen LogP contribution < -0.4 is 10.6 Å². The van der Waals surface area contributed by atoms with Crippen molar-refractivity contribution >= 4 is 27.7 Å². The summed E-state index contributed by atoms with van der Waals surface area (Å²) in [4.78, 5) is 4.26. The summed E-state index contributed by atoms with van der Waals surface area (Å²) in [7, 11) is -1.49. The van der Waals surface area contributed by atoms with Gasteiger partial charge in [-0.1, -0.05) is 18.2 Å². The number of hydrogen-bond acceptors (Lipinski definition) is 4. The number of rotatable bonds is 6. The summed E-state index contributed by atoms with van der Waals surface area (Å²) in [5.41, 5.74) is 4.18. The fraction of sp³-hybridized carbons (Fsp3) is 0.650. The van der Waals surface area contributed by atoms with E-state index < -0.39 is 10.0 Å². The Morgan fingerprint density at radius 1 is 1.21 bits per heavy atom. The maximum absolute atomic E-state index is 12.5. The highest BCUT2D eigenvalue weighted by Gasteiger charge is 2.23. The molecule has 28 heavy (non-hydrogen) atoms. The number of nitrogens with one attached hydrogen (secondary N) is 2. The second-order valence-corrected chi connectivity index (χ2v) is 10.7. The van der Waals surface area contributed by atoms with Gasteiger partial charge in [0, 0.05) is 38.2 Å². The number of fused-ring (bicyclic) bond motifs is 1. The lowest BCUT2D eigenvalue weighted by Gasteiger charge is -2.26. The molecule has 0 bridgehead atoms. The van der Waals surface area contributed by atoms with Gasteiger partial charge in [0.2, 0.25) is 10.0 Å². The van der Waals surface area contributed by atoms with E-state index in [2.05, 4.69) is 40.7 Å². The molecule has 0 aromatic heterocycles. The molecule has 1 aromatic carbocycles. The van der Waals surface area contributed by atoms with E-state index in [4.69, 9.17) is 0 Å². The zero-order valence-electron chi connectivity index (χ0n) is 16.9. The smallest absolute Gasteiger partial charge is 0.215 e. The molecule has 1 aromatic rings. The fourth-order valence-electron chi connectivity index (χ4n) is 3.76. The minimum atomic E-state index is -3.20. The lowest BCUT2D eigenvalue weighted by Crippen LogP contribution is -2.44. The summed E-state index contributed by atoms with van der Waals surface area (Å²) < 4.78 is 26.5. The molecule has 2 N–H and O–H groups in total. The van der Waals surface area contributed by atoms with E-state index >= 15 is 0 Å². The Morgan fingerprint density at radius 3 is 2.64 bits per heavy atom. The predicted molar refractivity (Wildman–Crippen MR) is 119 cm³/mol. The first-order valence-corrected chi connectivity index (χ1v) is 12.9. The summed E-state index contributed by atoms with van der Waals surface area (Å²) in [6.45, 7) is 3.70. The van der Waals surface area contributed by atoms with Crippen molar-refractivity contribution in [3.63, 3.8) is 0 Å². The minimum absolute atomic E-state index is 0.0889. The first-order chi connectivity index (χ1) is 13.5. The predicted octanol–water partition coefficient (Wildman–Crippen LogP) is 2.17. The van der Waals surface area contributed by atoms with Crippen molar-refractivity contribution < 1.29 is 8.42 Å². The molecule has 1 aliphatic heterocycles. The maximum Gasteiger partial charge on any atom is 0.215 e. The molecule has 1 saturated heterocycles. The van der Waals surface area contributed by atoms with Crippen LogP contribution >= 0.6 is 11.8 Å². The number of nitrogens with zero attached hydrogens (tertiary/aromatic N) is 2. The number of aryl methyl sites for hydroxylation is 2. The highest BCUT2D eigenvalue weighted by Crippen LogP contribution is 2.24. The van der Waals surface area contributed by atoms with Crippen LogP contribution in [0, 0.1) is 0 Å². The van der Waals surface area contributed by atoms with Gasteiger partial charge in [-0.3, -0.25) is 4.99 Å². The Bertz CT molecular complexity index is 789. The SMILES string of the molecule is CN=C(NCCS(=O)(=O)N1CCSCC1)NC(C)c1ccc2c(c1)CCCC2. The quantitative estimate of drug-likeness (QED) is 0.541. The summed E-state index contributed by atoms with van der Waals surface area (Å²) in [5, 5.41) is 6.54. The Morgan fingerprint density at radius 2 is 1.93 bits per heavy atom. The Labute approximate surface area is 173 Å². The standard InChI is InChI=1S/C20H32N4O2S2/c1-16(18-8-7-17-5-3-4-6-19(17)15-18)23-20(21-2)22-9-14-28(25,26)24-10-12-27-13-11-24/h7-8,15-16H,3-6,9-14H2,1-2H3,(H2,21,22,23). The van der Waals surface area contributed by atoms with Gasteiger partial charge in [0.15, 0.2) is 5.96 Å². The first kappa shape index (κ1) is 21.5. The molecule has 1 atom stereocenters. The van der Waals surface area contributed by atoms with Gasteiger partial charge in [-0.05, 0) is 49.3 Å². The molecule has 3 rings (SSSR count). The molecule has 8 heteroatoms. The second-order valence-electron chi connectivity index (χ2n) is 7.43. The number of guanidine groups is 1. The summed E-state index contributed by atoms with van der Waals surface area (Å²) in [5.74, 6) is 2.49. The van der Waals surface area contributed by atoms with Crippen LogP contribution in [0.3, 0.4) is 0 Å². The lowest BCUT2D eigenvalue weighted by atomic mass is 9.89. The van der Waals surface area contributed by atoms with Gasteiger partial charge >= 0.3 is 0 Å². The molecule has 0 amide bonds. The third-order valence-electron chi connectivity index (χ3n) is 5.47. The van der Waals surface area contributed by atoms with Gasteiger partial charge in [-0.25, -0.2) is 12.7 Å². The van der Waals surface area contributed by atoms with E-state index in [-0.39, 0.29) is 11.8 Å². The van der Waals surface area contributed by atoms with Crippen molar-refractivity contribution in [1.82, 2.24) is 14.9 Å². The summed E-state index contributed by atoms with van der Waals surface area (Å²) in [6.07, 6.45) is 4.90. The molecule has 1 fully saturated rings. The van der Waals surface area contributed by atoms with Crippen LogP contribution in [0.5, 0.6) is 0 Å². The summed E-state index contributed by atoms with van der Waals surface area (Å²) >= 11 is 1.81. The molecule has 6 nitrogen and oxygen atoms in total. The van der Waals surface area contributed by atoms with Gasteiger partial charge in [0.1, 0.15) is 0 Å². The maximum atomic E-state index is 12.5. The number of aliphatic imine (C=N–C) groups is 1. The minimum Gasteiger partial charge on any atom is -0.355 e. The molecule has 2 aliphatic rings. The van der Waals surface area contributed by atoms with Gasteiger partial charge in [0.25, 0.3) is 0 Å². The van der Waals surface area contributed by atoms with E-state index in [1.165, 1.54) is 36.0 Å². The lowest BCUT2D eigenvalue weighted by molar-refractivity contribution is 0.443. The van der Waals surface area contributed by atoms with Crippen LogP contribution in [0.1, 0.15) is 42.5 Å². The van der Waals surface area contributed by atoms with Crippen molar-refractivity contribution in [2.24, 2.45) is 4.99 Å². The second kappa shape index (κ2) is 9.98. The van der Waals surface area contributed by atoms with Crippen molar-refractivity contribution in [3.05, 3.63) is 34.9 Å². The average molecular weight is 425 g/mol. The Hall–Kier alpha value is -1.25. The number of hydrogen-bond donors (Lipinski definition) is 2. The number of thioether (sulfide) groups is 1. The molecule has 0 radical (unpaired) electrons. The van der Waals surface area contributed by atoms with Crippen molar-refractivity contribution in [2.45, 2.75) is 38.6 Å². The third-order valence-corrected chi connectivity index (χ3v) is 8.28. The van der Waals surface area contributed by atoms with E-state index in [0.717, 1.165) is 17.9 Å². The average Bonchev–Trinajstić information content (AvgIpc) is 2.73. The van der Waals surface area contributed by atoms with E-state index in [1.54, 1.807) is 11.4 Å². The van der Waals surface area contributed by atoms with E-state index in [1.807, 2.05) is 11.8 Å². The monoisotopic (exact) mass is 424 g/mol. The van der Waals surface area contributed by atoms with Gasteiger partial charge < -0.3 is 10.6 Å².